The van der Waals surface area contributed by atoms with Crippen LogP contribution < -0.4 is 11.1 Å². The number of amides is 2. The summed E-state index contributed by atoms with van der Waals surface area (Å²) >= 11 is 0. The molecule has 0 bridgehead atoms. The summed E-state index contributed by atoms with van der Waals surface area (Å²) < 4.78 is 0. The molecule has 1 aliphatic rings. The van der Waals surface area contributed by atoms with E-state index in [0.717, 1.165) is 18.4 Å². The van der Waals surface area contributed by atoms with Gasteiger partial charge in [-0.25, -0.2) is 0 Å². The van der Waals surface area contributed by atoms with Gasteiger partial charge >= 0.3 is 5.97 Å². The maximum Gasteiger partial charge on any atom is 0.305 e. The van der Waals surface area contributed by atoms with E-state index in [1.54, 1.807) is 18.2 Å². The fraction of sp³-hybridized carbons (Fsp3) is 0.550. The minimum absolute atomic E-state index is 0.0488. The number of aliphatic carboxylic acids is 1. The molecule has 0 fully saturated rings. The lowest BCUT2D eigenvalue weighted by Gasteiger charge is -2.37. The lowest BCUT2D eigenvalue weighted by atomic mass is 9.89. The largest absolute Gasteiger partial charge is 0.481 e. The third kappa shape index (κ3) is 5.29. The Hall–Kier alpha value is -2.41. The molecule has 0 aliphatic carbocycles. The van der Waals surface area contributed by atoms with Gasteiger partial charge in [0.1, 0.15) is 0 Å². The van der Waals surface area contributed by atoms with Crippen molar-refractivity contribution in [3.8, 4) is 0 Å². The summed E-state index contributed by atoms with van der Waals surface area (Å²) in [6.45, 7) is 8.56. The molecule has 0 spiro atoms. The number of benzene rings is 1. The molecule has 7 nitrogen and oxygen atoms in total. The number of carbonyl (C=O) groups excluding carboxylic acids is 2. The van der Waals surface area contributed by atoms with Crippen LogP contribution in [0.2, 0.25) is 0 Å². The van der Waals surface area contributed by atoms with Gasteiger partial charge in [0.15, 0.2) is 0 Å². The highest BCUT2D eigenvalue weighted by atomic mass is 16.4. The lowest BCUT2D eigenvalue weighted by molar-refractivity contribution is -0.136. The average molecular weight is 375 g/mol. The van der Waals surface area contributed by atoms with Crippen molar-refractivity contribution in [1.82, 2.24) is 10.2 Å². The number of carboxylic acids is 1. The zero-order valence-electron chi connectivity index (χ0n) is 16.5. The Kier molecular flexibility index (Phi) is 5.94. The van der Waals surface area contributed by atoms with Gasteiger partial charge in [-0.2, -0.15) is 0 Å². The maximum atomic E-state index is 12.9. The third-order valence-corrected chi connectivity index (χ3v) is 4.91. The minimum Gasteiger partial charge on any atom is -0.481 e. The van der Waals surface area contributed by atoms with E-state index in [2.05, 4.69) is 5.32 Å². The molecule has 1 aromatic rings. The molecule has 27 heavy (non-hydrogen) atoms. The van der Waals surface area contributed by atoms with Gasteiger partial charge < -0.3 is 21.1 Å². The predicted molar refractivity (Wildman–Crippen MR) is 102 cm³/mol. The van der Waals surface area contributed by atoms with E-state index in [9.17, 15) is 14.4 Å². The molecule has 2 rings (SSSR count). The standard InChI is InChI=1S/C20H29N3O4/c1-19(2,21)8-9-20(3,4)23-12-14-6-5-13(11-15(14)18(23)27)17(26)22-10-7-16(24)25/h5-6,11H,7-10,12,21H2,1-4H3,(H,22,26)(H,24,25). The second-order valence-corrected chi connectivity index (χ2v) is 8.46. The zero-order chi connectivity index (χ0) is 20.4. The van der Waals surface area contributed by atoms with Gasteiger partial charge in [-0.1, -0.05) is 6.07 Å². The first kappa shape index (κ1) is 20.9. The van der Waals surface area contributed by atoms with Gasteiger partial charge in [-0.3, -0.25) is 14.4 Å². The molecule has 4 N–H and O–H groups in total. The number of hydrogen-bond donors (Lipinski definition) is 3. The number of hydrogen-bond acceptors (Lipinski definition) is 4. The Labute approximate surface area is 159 Å². The van der Waals surface area contributed by atoms with Gasteiger partial charge in [-0.05, 0) is 58.2 Å². The van der Waals surface area contributed by atoms with Gasteiger partial charge in [0.05, 0.1) is 6.42 Å². The third-order valence-electron chi connectivity index (χ3n) is 4.91. The number of nitrogens with zero attached hydrogens (tertiary/aromatic N) is 1. The fourth-order valence-electron chi connectivity index (χ4n) is 3.08. The molecule has 1 heterocycles. The summed E-state index contributed by atoms with van der Waals surface area (Å²) in [5.74, 6) is -1.45. The van der Waals surface area contributed by atoms with Crippen molar-refractivity contribution in [2.45, 2.75) is 64.6 Å². The van der Waals surface area contributed by atoms with Crippen molar-refractivity contribution >= 4 is 17.8 Å². The van der Waals surface area contributed by atoms with E-state index in [0.29, 0.717) is 17.7 Å². The zero-order valence-corrected chi connectivity index (χ0v) is 16.5. The highest BCUT2D eigenvalue weighted by Gasteiger charge is 2.38. The number of rotatable bonds is 8. The Balaban J connectivity index is 2.11. The van der Waals surface area contributed by atoms with E-state index in [1.165, 1.54) is 0 Å². The summed E-state index contributed by atoms with van der Waals surface area (Å²) in [5.41, 5.74) is 7.22. The van der Waals surface area contributed by atoms with Crippen LogP contribution in [-0.2, 0) is 11.3 Å². The number of nitrogens with one attached hydrogen (secondary N) is 1. The highest BCUT2D eigenvalue weighted by molar-refractivity contribution is 6.02. The SMILES string of the molecule is CC(C)(N)CCC(C)(C)N1Cc2ccc(C(=O)NCCC(=O)O)cc2C1=O. The predicted octanol–water partition coefficient (Wildman–Crippen LogP) is 2.14. The molecular weight excluding hydrogens is 346 g/mol. The molecule has 0 atom stereocenters. The monoisotopic (exact) mass is 375 g/mol. The molecular formula is C20H29N3O4. The molecule has 2 amide bonds. The van der Waals surface area contributed by atoms with Crippen molar-refractivity contribution in [3.63, 3.8) is 0 Å². The molecule has 1 aromatic carbocycles. The summed E-state index contributed by atoms with van der Waals surface area (Å²) in [5, 5.41) is 11.2. The molecule has 0 saturated carbocycles. The van der Waals surface area contributed by atoms with E-state index in [1.807, 2.05) is 32.6 Å². The number of nitrogens with two attached hydrogens (primary N) is 1. The van der Waals surface area contributed by atoms with Crippen LogP contribution in [0.15, 0.2) is 18.2 Å². The van der Waals surface area contributed by atoms with E-state index in [4.69, 9.17) is 10.8 Å². The summed E-state index contributed by atoms with van der Waals surface area (Å²) in [7, 11) is 0. The van der Waals surface area contributed by atoms with Crippen LogP contribution in [-0.4, -0.2) is 45.4 Å². The second kappa shape index (κ2) is 7.68. The molecule has 7 heteroatoms. The normalized spacial score (nSPS) is 14.3. The molecule has 0 unspecified atom stereocenters. The number of fused-ring (bicyclic) bond motifs is 1. The van der Waals surface area contributed by atoms with Crippen LogP contribution in [0.4, 0.5) is 0 Å². The summed E-state index contributed by atoms with van der Waals surface area (Å²) in [4.78, 5) is 37.5. The first-order valence-corrected chi connectivity index (χ1v) is 9.14. The Morgan fingerprint density at radius 3 is 2.48 bits per heavy atom. The quantitative estimate of drug-likeness (QED) is 0.644. The number of carboxylic acid groups (broad SMARTS) is 1. The van der Waals surface area contributed by atoms with Gasteiger partial charge in [0.25, 0.3) is 11.8 Å². The van der Waals surface area contributed by atoms with E-state index < -0.39 is 5.97 Å². The van der Waals surface area contributed by atoms with E-state index in [-0.39, 0.29) is 35.9 Å². The smallest absolute Gasteiger partial charge is 0.305 e. The highest BCUT2D eigenvalue weighted by Crippen LogP contribution is 2.33. The summed E-state index contributed by atoms with van der Waals surface area (Å²) in [6, 6.07) is 5.06. The van der Waals surface area contributed by atoms with Gasteiger partial charge in [0.2, 0.25) is 0 Å². The van der Waals surface area contributed by atoms with Crippen molar-refractivity contribution < 1.29 is 19.5 Å². The molecule has 0 saturated heterocycles. The van der Waals surface area contributed by atoms with Crippen molar-refractivity contribution in [2.75, 3.05) is 6.54 Å². The van der Waals surface area contributed by atoms with Gasteiger partial charge in [0, 0.05) is 35.3 Å². The van der Waals surface area contributed by atoms with Crippen molar-refractivity contribution in [1.29, 1.82) is 0 Å². The minimum atomic E-state index is -0.974. The van der Waals surface area contributed by atoms with Gasteiger partial charge in [-0.15, -0.1) is 0 Å². The molecule has 148 valence electrons. The molecule has 0 aromatic heterocycles. The van der Waals surface area contributed by atoms with Crippen LogP contribution in [0.25, 0.3) is 0 Å². The first-order chi connectivity index (χ1) is 12.4. The topological polar surface area (TPSA) is 113 Å². The van der Waals surface area contributed by atoms with Crippen molar-refractivity contribution in [2.24, 2.45) is 5.73 Å². The Morgan fingerprint density at radius 1 is 1.22 bits per heavy atom. The maximum absolute atomic E-state index is 12.9. The Morgan fingerprint density at radius 2 is 1.89 bits per heavy atom. The average Bonchev–Trinajstić information content (AvgIpc) is 2.89. The fourth-order valence-corrected chi connectivity index (χ4v) is 3.08. The Bertz CT molecular complexity index is 750. The molecule has 0 radical (unpaired) electrons. The van der Waals surface area contributed by atoms with Crippen LogP contribution in [0, 0.1) is 0 Å². The second-order valence-electron chi connectivity index (χ2n) is 8.46. The molecule has 1 aliphatic heterocycles. The number of carbonyl (C=O) groups is 3. The lowest BCUT2D eigenvalue weighted by Crippen LogP contribution is -2.46. The first-order valence-electron chi connectivity index (χ1n) is 9.14. The van der Waals surface area contributed by atoms with Crippen LogP contribution in [0.5, 0.6) is 0 Å². The van der Waals surface area contributed by atoms with E-state index >= 15 is 0 Å². The van der Waals surface area contributed by atoms with Crippen LogP contribution in [0.3, 0.4) is 0 Å². The van der Waals surface area contributed by atoms with Crippen LogP contribution >= 0.6 is 0 Å². The van der Waals surface area contributed by atoms with Crippen molar-refractivity contribution in [3.05, 3.63) is 34.9 Å². The summed E-state index contributed by atoms with van der Waals surface area (Å²) in [6.07, 6.45) is 1.42. The van der Waals surface area contributed by atoms with Crippen LogP contribution in [0.1, 0.15) is 73.2 Å².